The molecule has 1 aliphatic rings. The van der Waals surface area contributed by atoms with Crippen LogP contribution in [0.15, 0.2) is 47.2 Å². The highest BCUT2D eigenvalue weighted by molar-refractivity contribution is 7.07. The van der Waals surface area contributed by atoms with Crippen LogP contribution in [0.25, 0.3) is 0 Å². The number of nitrogens with zero attached hydrogens (tertiary/aromatic N) is 1. The van der Waals surface area contributed by atoms with Crippen LogP contribution in [-0.2, 0) is 22.6 Å². The Bertz CT molecular complexity index is 718. The fourth-order valence-corrected chi connectivity index (χ4v) is 4.15. The first-order valence-corrected chi connectivity index (χ1v) is 9.94. The molecule has 138 valence electrons. The first kappa shape index (κ1) is 18.6. The Morgan fingerprint density at radius 3 is 2.73 bits per heavy atom. The third-order valence-corrected chi connectivity index (χ3v) is 5.58. The van der Waals surface area contributed by atoms with E-state index in [1.165, 1.54) is 5.56 Å². The van der Waals surface area contributed by atoms with Crippen LogP contribution in [0.3, 0.4) is 0 Å². The van der Waals surface area contributed by atoms with Crippen molar-refractivity contribution in [3.05, 3.63) is 58.3 Å². The molecule has 1 aliphatic heterocycles. The first-order valence-electron chi connectivity index (χ1n) is 8.99. The number of hydrogen-bond donors (Lipinski definition) is 2. The zero-order chi connectivity index (χ0) is 18.4. The summed E-state index contributed by atoms with van der Waals surface area (Å²) in [7, 11) is 0. The highest BCUT2D eigenvalue weighted by Gasteiger charge is 2.28. The van der Waals surface area contributed by atoms with Crippen molar-refractivity contribution in [1.82, 2.24) is 10.2 Å². The molecule has 3 rings (SSSR count). The van der Waals surface area contributed by atoms with Crippen molar-refractivity contribution in [2.24, 2.45) is 5.73 Å². The van der Waals surface area contributed by atoms with Gasteiger partial charge in [-0.15, -0.1) is 0 Å². The molecule has 0 saturated carbocycles. The van der Waals surface area contributed by atoms with E-state index in [4.69, 9.17) is 5.73 Å². The smallest absolute Gasteiger partial charge is 0.240 e. The fraction of sp³-hybridized carbons (Fsp3) is 0.400. The number of carbonyl (C=O) groups excluding carboxylic acids is 2. The van der Waals surface area contributed by atoms with Crippen molar-refractivity contribution in [3.8, 4) is 0 Å². The lowest BCUT2D eigenvalue weighted by molar-refractivity contribution is -0.128. The second kappa shape index (κ2) is 8.96. The highest BCUT2D eigenvalue weighted by atomic mass is 32.1. The summed E-state index contributed by atoms with van der Waals surface area (Å²) in [6, 6.07) is 11.3. The lowest BCUT2D eigenvalue weighted by Gasteiger charge is -2.24. The number of nitrogens with one attached hydrogen (secondary N) is 1. The maximum Gasteiger partial charge on any atom is 0.240 e. The van der Waals surface area contributed by atoms with Gasteiger partial charge in [-0.1, -0.05) is 30.3 Å². The predicted octanol–water partition coefficient (Wildman–Crippen LogP) is 2.32. The minimum absolute atomic E-state index is 0.105. The Morgan fingerprint density at radius 1 is 1.23 bits per heavy atom. The summed E-state index contributed by atoms with van der Waals surface area (Å²) in [4.78, 5) is 26.6. The third-order valence-electron chi connectivity index (χ3n) is 4.85. The fourth-order valence-electron chi connectivity index (χ4n) is 3.49. The zero-order valence-electron chi connectivity index (χ0n) is 14.8. The number of rotatable bonds is 8. The molecule has 3 N–H and O–H groups in total. The van der Waals surface area contributed by atoms with Crippen LogP contribution in [0, 0.1) is 0 Å². The van der Waals surface area contributed by atoms with Gasteiger partial charge in [0.2, 0.25) is 11.8 Å². The molecular weight excluding hydrogens is 346 g/mol. The second-order valence-corrected chi connectivity index (χ2v) is 7.59. The second-order valence-electron chi connectivity index (χ2n) is 6.81. The number of nitrogens with two attached hydrogens (primary N) is 1. The van der Waals surface area contributed by atoms with E-state index in [9.17, 15) is 9.59 Å². The monoisotopic (exact) mass is 371 g/mol. The number of thiophene rings is 1. The van der Waals surface area contributed by atoms with E-state index in [-0.39, 0.29) is 11.9 Å². The van der Waals surface area contributed by atoms with Crippen molar-refractivity contribution >= 4 is 23.2 Å². The van der Waals surface area contributed by atoms with Crippen LogP contribution < -0.4 is 11.1 Å². The van der Waals surface area contributed by atoms with Crippen LogP contribution in [0.5, 0.6) is 0 Å². The summed E-state index contributed by atoms with van der Waals surface area (Å²) in [6.07, 6.45) is 2.94. The Morgan fingerprint density at radius 2 is 2.04 bits per heavy atom. The van der Waals surface area contributed by atoms with E-state index in [0.717, 1.165) is 31.5 Å². The summed E-state index contributed by atoms with van der Waals surface area (Å²) >= 11 is 1.69. The van der Waals surface area contributed by atoms with E-state index in [1.807, 2.05) is 30.3 Å². The van der Waals surface area contributed by atoms with Gasteiger partial charge < -0.3 is 11.1 Å². The normalized spacial score (nSPS) is 18.5. The summed E-state index contributed by atoms with van der Waals surface area (Å²) in [5, 5.41) is 7.06. The molecule has 0 unspecified atom stereocenters. The minimum Gasteiger partial charge on any atom is -0.368 e. The van der Waals surface area contributed by atoms with Gasteiger partial charge in [0.1, 0.15) is 6.04 Å². The molecule has 2 aromatic rings. The zero-order valence-corrected chi connectivity index (χ0v) is 15.6. The molecule has 5 nitrogen and oxygen atoms in total. The van der Waals surface area contributed by atoms with E-state index >= 15 is 0 Å². The predicted molar refractivity (Wildman–Crippen MR) is 104 cm³/mol. The van der Waals surface area contributed by atoms with Gasteiger partial charge in [0, 0.05) is 25.4 Å². The quantitative estimate of drug-likeness (QED) is 0.748. The molecule has 0 aliphatic carbocycles. The standard InChI is InChI=1S/C20H25N3O2S/c21-20(25)18(11-15-5-2-1-3-6-15)22-19(24)12-17-7-4-9-23(17)13-16-8-10-26-14-16/h1-3,5-6,8,10,14,17-18H,4,7,9,11-13H2,(H2,21,25)(H,22,24)/t17-,18-/m0/s1. The Labute approximate surface area is 158 Å². The van der Waals surface area contributed by atoms with E-state index in [0.29, 0.717) is 12.8 Å². The molecule has 2 amide bonds. The summed E-state index contributed by atoms with van der Waals surface area (Å²) in [6.45, 7) is 1.89. The van der Waals surface area contributed by atoms with Crippen molar-refractivity contribution in [1.29, 1.82) is 0 Å². The van der Waals surface area contributed by atoms with Crippen LogP contribution in [0.1, 0.15) is 30.4 Å². The molecule has 26 heavy (non-hydrogen) atoms. The summed E-state index contributed by atoms with van der Waals surface area (Å²) in [5.74, 6) is -0.601. The molecule has 1 aromatic carbocycles. The first-order chi connectivity index (χ1) is 12.6. The molecule has 0 spiro atoms. The summed E-state index contributed by atoms with van der Waals surface area (Å²) < 4.78 is 0. The number of likely N-dealkylation sites (tertiary alicyclic amines) is 1. The number of primary amides is 1. The molecule has 2 heterocycles. The van der Waals surface area contributed by atoms with Gasteiger partial charge in [-0.2, -0.15) is 11.3 Å². The van der Waals surface area contributed by atoms with Crippen molar-refractivity contribution in [3.63, 3.8) is 0 Å². The maximum atomic E-state index is 12.5. The van der Waals surface area contributed by atoms with Crippen molar-refractivity contribution < 1.29 is 9.59 Å². The topological polar surface area (TPSA) is 75.4 Å². The van der Waals surface area contributed by atoms with Gasteiger partial charge in [0.05, 0.1) is 0 Å². The highest BCUT2D eigenvalue weighted by Crippen LogP contribution is 2.23. The van der Waals surface area contributed by atoms with Gasteiger partial charge in [0.15, 0.2) is 0 Å². The van der Waals surface area contributed by atoms with Gasteiger partial charge in [-0.05, 0) is 47.3 Å². The minimum atomic E-state index is -0.670. The third kappa shape index (κ3) is 5.16. The molecule has 1 saturated heterocycles. The van der Waals surface area contributed by atoms with Crippen LogP contribution in [0.2, 0.25) is 0 Å². The van der Waals surface area contributed by atoms with Gasteiger partial charge in [-0.25, -0.2) is 0 Å². The largest absolute Gasteiger partial charge is 0.368 e. The van der Waals surface area contributed by atoms with Crippen LogP contribution in [-0.4, -0.2) is 35.3 Å². The van der Waals surface area contributed by atoms with Crippen molar-refractivity contribution in [2.75, 3.05) is 6.54 Å². The van der Waals surface area contributed by atoms with Crippen LogP contribution in [0.4, 0.5) is 0 Å². The van der Waals surface area contributed by atoms with Crippen molar-refractivity contribution in [2.45, 2.75) is 44.3 Å². The number of carbonyl (C=O) groups is 2. The summed E-state index contributed by atoms with van der Waals surface area (Å²) in [5.41, 5.74) is 7.77. The lowest BCUT2D eigenvalue weighted by Crippen LogP contribution is -2.47. The molecule has 2 atom stereocenters. The Kier molecular flexibility index (Phi) is 6.41. The molecule has 1 aromatic heterocycles. The molecule has 0 radical (unpaired) electrons. The molecular formula is C20H25N3O2S. The van der Waals surface area contributed by atoms with E-state index in [1.54, 1.807) is 11.3 Å². The average molecular weight is 372 g/mol. The maximum absolute atomic E-state index is 12.5. The van der Waals surface area contributed by atoms with Crippen LogP contribution >= 0.6 is 11.3 Å². The Hall–Kier alpha value is -2.18. The SMILES string of the molecule is NC(=O)[C@H](Cc1ccccc1)NC(=O)C[C@@H]1CCCN1Cc1ccsc1. The molecule has 6 heteroatoms. The average Bonchev–Trinajstić information content (AvgIpc) is 3.28. The lowest BCUT2D eigenvalue weighted by atomic mass is 10.0. The Balaban J connectivity index is 1.55. The number of benzene rings is 1. The number of hydrogen-bond acceptors (Lipinski definition) is 4. The molecule has 0 bridgehead atoms. The number of amides is 2. The van der Waals surface area contributed by atoms with Gasteiger partial charge in [0.25, 0.3) is 0 Å². The molecule has 1 fully saturated rings. The van der Waals surface area contributed by atoms with Gasteiger partial charge in [-0.3, -0.25) is 14.5 Å². The van der Waals surface area contributed by atoms with E-state index in [2.05, 4.69) is 27.0 Å². The van der Waals surface area contributed by atoms with E-state index < -0.39 is 11.9 Å². The van der Waals surface area contributed by atoms with Gasteiger partial charge >= 0.3 is 0 Å².